The fourth-order valence-electron chi connectivity index (χ4n) is 3.80. The molecular weight excluding hydrogens is 492 g/mol. The summed E-state index contributed by atoms with van der Waals surface area (Å²) >= 11 is 2.31. The van der Waals surface area contributed by atoms with Crippen LogP contribution >= 0.6 is 23.1 Å². The third kappa shape index (κ3) is 5.03. The van der Waals surface area contributed by atoms with E-state index in [0.29, 0.717) is 42.2 Å². The first-order chi connectivity index (χ1) is 16.8. The van der Waals surface area contributed by atoms with Gasteiger partial charge in [0, 0.05) is 30.5 Å². The molecule has 0 radical (unpaired) electrons. The van der Waals surface area contributed by atoms with E-state index in [-0.39, 0.29) is 16.8 Å². The number of anilines is 1. The predicted molar refractivity (Wildman–Crippen MR) is 127 cm³/mol. The zero-order valence-corrected chi connectivity index (χ0v) is 21.0. The minimum Gasteiger partial charge on any atom is -0.538 e. The van der Waals surface area contributed by atoms with Gasteiger partial charge in [0.05, 0.1) is 29.7 Å². The topological polar surface area (TPSA) is 129 Å². The molecule has 35 heavy (non-hydrogen) atoms. The minimum atomic E-state index is -0.657. The quantitative estimate of drug-likeness (QED) is 0.288. The highest BCUT2D eigenvalue weighted by Gasteiger charge is 2.33. The lowest BCUT2D eigenvalue weighted by Crippen LogP contribution is -2.36. The molecule has 2 amide bonds. The molecular formula is C23H24N4O6S2. The number of carbonyl (C=O) groups excluding carboxylic acids is 3. The minimum absolute atomic E-state index is 0.0504. The zero-order chi connectivity index (χ0) is 25.1. The van der Waals surface area contributed by atoms with Crippen LogP contribution in [0.2, 0.25) is 0 Å². The van der Waals surface area contributed by atoms with E-state index >= 15 is 0 Å². The van der Waals surface area contributed by atoms with Crippen LogP contribution in [0.4, 0.5) is 5.00 Å². The van der Waals surface area contributed by atoms with Gasteiger partial charge >= 0.3 is 5.97 Å². The normalized spacial score (nSPS) is 13.7. The number of thioether (sulfide) groups is 1. The first-order valence-corrected chi connectivity index (χ1v) is 12.6. The molecule has 1 unspecified atom stereocenters. The highest BCUT2D eigenvalue weighted by atomic mass is 32.2. The summed E-state index contributed by atoms with van der Waals surface area (Å²) in [5.41, 5.74) is 1.74. The van der Waals surface area contributed by atoms with E-state index < -0.39 is 17.2 Å². The first-order valence-electron chi connectivity index (χ1n) is 10.9. The molecule has 0 fully saturated rings. The summed E-state index contributed by atoms with van der Waals surface area (Å²) in [5.74, 6) is -1.61. The number of nitrogens with zero attached hydrogens (tertiary/aromatic N) is 3. The van der Waals surface area contributed by atoms with E-state index in [9.17, 15) is 19.5 Å². The molecule has 0 spiro atoms. The number of ether oxygens (including phenoxy) is 1. The lowest BCUT2D eigenvalue weighted by atomic mass is 10.0. The lowest BCUT2D eigenvalue weighted by Gasteiger charge is -2.25. The van der Waals surface area contributed by atoms with Gasteiger partial charge in [0.1, 0.15) is 5.00 Å². The van der Waals surface area contributed by atoms with Crippen LogP contribution in [0.25, 0.3) is 5.69 Å². The molecule has 4 rings (SSSR count). The van der Waals surface area contributed by atoms with Gasteiger partial charge in [0.15, 0.2) is 5.95 Å². The molecule has 0 bridgehead atoms. The fourth-order valence-corrected chi connectivity index (χ4v) is 6.03. The number of fused-ring (bicyclic) bond motifs is 1. The summed E-state index contributed by atoms with van der Waals surface area (Å²) in [7, 11) is 1.29. The summed E-state index contributed by atoms with van der Waals surface area (Å²) in [6.45, 7) is 4.19. The van der Waals surface area contributed by atoms with Crippen LogP contribution in [0.3, 0.4) is 0 Å². The van der Waals surface area contributed by atoms with Crippen LogP contribution in [-0.2, 0) is 27.3 Å². The number of thiophene rings is 1. The summed E-state index contributed by atoms with van der Waals surface area (Å²) in [6.07, 6.45) is 0.904. The molecule has 3 heterocycles. The van der Waals surface area contributed by atoms with Crippen molar-refractivity contribution in [1.29, 1.82) is 0 Å². The number of amides is 2. The fraction of sp³-hybridized carbons (Fsp3) is 0.348. The Bertz CT molecular complexity index is 1260. The van der Waals surface area contributed by atoms with Gasteiger partial charge < -0.3 is 24.6 Å². The van der Waals surface area contributed by atoms with Crippen molar-refractivity contribution in [1.82, 2.24) is 10.2 Å². The maximum atomic E-state index is 13.3. The Kier molecular flexibility index (Phi) is 7.41. The molecule has 0 saturated carbocycles. The van der Waals surface area contributed by atoms with Crippen molar-refractivity contribution in [2.24, 2.45) is 0 Å². The Morgan fingerprint density at radius 1 is 1.34 bits per heavy atom. The lowest BCUT2D eigenvalue weighted by molar-refractivity contribution is -0.705. The maximum absolute atomic E-state index is 13.3. The summed E-state index contributed by atoms with van der Waals surface area (Å²) < 4.78 is 11.2. The van der Waals surface area contributed by atoms with Crippen LogP contribution in [0, 0.1) is 0 Å². The van der Waals surface area contributed by atoms with Gasteiger partial charge in [-0.15, -0.1) is 11.3 Å². The molecule has 12 heteroatoms. The first kappa shape index (κ1) is 24.7. The largest absolute Gasteiger partial charge is 0.538 e. The predicted octanol–water partition coefficient (Wildman–Crippen LogP) is 2.29. The molecule has 2 aromatic heterocycles. The van der Waals surface area contributed by atoms with Gasteiger partial charge in [-0.05, 0) is 34.8 Å². The molecule has 1 aliphatic rings. The summed E-state index contributed by atoms with van der Waals surface area (Å²) in [6, 6.07) is 9.00. The van der Waals surface area contributed by atoms with E-state index in [2.05, 4.69) is 10.6 Å². The third-order valence-corrected chi connectivity index (χ3v) is 8.15. The number of methoxy groups -OCH3 is 1. The van der Waals surface area contributed by atoms with Gasteiger partial charge in [-0.2, -0.15) is 0 Å². The third-order valence-electron chi connectivity index (χ3n) is 5.62. The number of para-hydroxylation sites is 1. The summed E-state index contributed by atoms with van der Waals surface area (Å²) in [4.78, 5) is 40.2. The molecule has 0 saturated heterocycles. The van der Waals surface area contributed by atoms with Crippen molar-refractivity contribution < 1.29 is 33.4 Å². The van der Waals surface area contributed by atoms with E-state index in [4.69, 9.17) is 9.26 Å². The highest BCUT2D eigenvalue weighted by Crippen LogP contribution is 2.38. The Morgan fingerprint density at radius 3 is 2.74 bits per heavy atom. The van der Waals surface area contributed by atoms with Crippen molar-refractivity contribution in [2.75, 3.05) is 19.0 Å². The van der Waals surface area contributed by atoms with Gasteiger partial charge in [-0.25, -0.2) is 4.79 Å². The molecule has 10 nitrogen and oxygen atoms in total. The standard InChI is InChI=1S/C23H24N4O6S2/c1-4-16(35-21-23(31)33-25-27(21)14-8-6-5-7-9-14)19(29)24-20-18(22(30)32-3)15-10-11-26(13(2)28)12-17(15)34-20/h5-9,16H,4,10-12H2,1-3H3,(H-,24,25,29,30,31). The number of rotatable bonds is 7. The molecule has 1 aliphatic heterocycles. The van der Waals surface area contributed by atoms with Crippen LogP contribution in [0.1, 0.15) is 41.1 Å². The van der Waals surface area contributed by atoms with E-state index in [1.165, 1.54) is 30.1 Å². The van der Waals surface area contributed by atoms with Crippen LogP contribution in [-0.4, -0.2) is 46.9 Å². The van der Waals surface area contributed by atoms with Crippen molar-refractivity contribution in [3.63, 3.8) is 0 Å². The Labute approximate surface area is 209 Å². The Morgan fingerprint density at radius 2 is 2.09 bits per heavy atom. The molecule has 1 aromatic carbocycles. The van der Waals surface area contributed by atoms with E-state index in [0.717, 1.165) is 22.2 Å². The number of hydrogen-bond acceptors (Lipinski definition) is 9. The molecule has 184 valence electrons. The van der Waals surface area contributed by atoms with E-state index in [1.807, 2.05) is 13.0 Å². The SMILES string of the molecule is CCC(Sc1c([O-])on[n+]1-c1ccccc1)C(=O)Nc1sc2c(c1C(=O)OC)CCN(C(C)=O)C2. The van der Waals surface area contributed by atoms with Gasteiger partial charge in [-0.3, -0.25) is 9.59 Å². The van der Waals surface area contributed by atoms with Crippen molar-refractivity contribution >= 4 is 45.9 Å². The number of aromatic nitrogens is 2. The van der Waals surface area contributed by atoms with Gasteiger partial charge in [0.25, 0.3) is 5.03 Å². The molecule has 1 atom stereocenters. The number of nitrogens with one attached hydrogen (secondary N) is 1. The van der Waals surface area contributed by atoms with Crippen molar-refractivity contribution in [3.8, 4) is 11.6 Å². The molecule has 0 aliphatic carbocycles. The second-order valence-corrected chi connectivity index (χ2v) is 10.1. The molecule has 3 aromatic rings. The Hall–Kier alpha value is -3.38. The van der Waals surface area contributed by atoms with Crippen LogP contribution in [0.5, 0.6) is 5.95 Å². The maximum Gasteiger partial charge on any atom is 0.341 e. The number of benzene rings is 1. The van der Waals surface area contributed by atoms with Crippen molar-refractivity contribution in [3.05, 3.63) is 46.3 Å². The monoisotopic (exact) mass is 516 g/mol. The van der Waals surface area contributed by atoms with Gasteiger partial charge in [0.2, 0.25) is 17.5 Å². The second-order valence-electron chi connectivity index (χ2n) is 7.81. The average molecular weight is 517 g/mol. The second kappa shape index (κ2) is 10.5. The van der Waals surface area contributed by atoms with Crippen molar-refractivity contribution in [2.45, 2.75) is 43.5 Å². The summed E-state index contributed by atoms with van der Waals surface area (Å²) in [5, 5.41) is 18.9. The number of esters is 1. The van der Waals surface area contributed by atoms with E-state index in [1.54, 1.807) is 29.2 Å². The average Bonchev–Trinajstić information content (AvgIpc) is 3.41. The zero-order valence-electron chi connectivity index (χ0n) is 19.4. The van der Waals surface area contributed by atoms with Crippen LogP contribution in [0.15, 0.2) is 39.9 Å². The van der Waals surface area contributed by atoms with Crippen LogP contribution < -0.4 is 15.1 Å². The Balaban J connectivity index is 1.60. The highest BCUT2D eigenvalue weighted by molar-refractivity contribution is 8.00. The smallest absolute Gasteiger partial charge is 0.341 e. The molecule has 1 N–H and O–H groups in total. The number of carbonyl (C=O) groups is 3. The van der Waals surface area contributed by atoms with Gasteiger partial charge in [-0.1, -0.05) is 25.1 Å². The number of hydrogen-bond donors (Lipinski definition) is 1.